The summed E-state index contributed by atoms with van der Waals surface area (Å²) >= 11 is 5.97. The minimum atomic E-state index is 0.639. The van der Waals surface area contributed by atoms with Crippen LogP contribution in [-0.2, 0) is 0 Å². The Morgan fingerprint density at radius 3 is 2.54 bits per heavy atom. The summed E-state index contributed by atoms with van der Waals surface area (Å²) in [4.78, 5) is 9.35. The van der Waals surface area contributed by atoms with Crippen LogP contribution in [0.1, 0.15) is 5.69 Å². The second-order valence-electron chi connectivity index (χ2n) is 5.48. The van der Waals surface area contributed by atoms with Crippen molar-refractivity contribution in [3.63, 3.8) is 0 Å². The monoisotopic (exact) mass is 335 g/mol. The molecule has 5 nitrogen and oxygen atoms in total. The second kappa shape index (κ2) is 5.94. The van der Waals surface area contributed by atoms with Gasteiger partial charge in [0.2, 0.25) is 0 Å². The van der Waals surface area contributed by atoms with E-state index < -0.39 is 0 Å². The zero-order chi connectivity index (χ0) is 16.5. The van der Waals surface area contributed by atoms with E-state index in [-0.39, 0.29) is 0 Å². The molecule has 0 aliphatic carbocycles. The van der Waals surface area contributed by atoms with Crippen molar-refractivity contribution in [1.82, 2.24) is 20.2 Å². The quantitative estimate of drug-likeness (QED) is 0.568. The molecule has 6 heteroatoms. The number of hydrogen-bond donors (Lipinski definition) is 2. The predicted octanol–water partition coefficient (Wildman–Crippen LogP) is 4.73. The van der Waals surface area contributed by atoms with Gasteiger partial charge in [0.05, 0.1) is 5.52 Å². The van der Waals surface area contributed by atoms with Crippen molar-refractivity contribution in [2.24, 2.45) is 0 Å². The van der Waals surface area contributed by atoms with Gasteiger partial charge in [0.15, 0.2) is 11.6 Å². The summed E-state index contributed by atoms with van der Waals surface area (Å²) in [5.74, 6) is 2.08. The molecule has 0 spiro atoms. The highest BCUT2D eigenvalue weighted by atomic mass is 35.5. The fourth-order valence-electron chi connectivity index (χ4n) is 2.50. The fraction of sp³-hybridized carbons (Fsp3) is 0.0556. The lowest BCUT2D eigenvalue weighted by atomic mass is 10.2. The molecule has 0 bridgehead atoms. The molecule has 0 radical (unpaired) electrons. The summed E-state index contributed by atoms with van der Waals surface area (Å²) in [6.07, 6.45) is 0. The third-order valence-corrected chi connectivity index (χ3v) is 3.91. The van der Waals surface area contributed by atoms with E-state index in [2.05, 4.69) is 25.5 Å². The number of H-pyrrole nitrogens is 1. The van der Waals surface area contributed by atoms with E-state index in [0.717, 1.165) is 33.8 Å². The van der Waals surface area contributed by atoms with E-state index in [9.17, 15) is 0 Å². The Balaban J connectivity index is 1.85. The maximum atomic E-state index is 5.97. The van der Waals surface area contributed by atoms with Crippen molar-refractivity contribution in [2.45, 2.75) is 6.92 Å². The number of aromatic nitrogens is 4. The van der Waals surface area contributed by atoms with Crippen LogP contribution in [0.4, 0.5) is 11.6 Å². The normalized spacial score (nSPS) is 10.9. The highest BCUT2D eigenvalue weighted by Gasteiger charge is 2.10. The van der Waals surface area contributed by atoms with E-state index in [4.69, 9.17) is 11.6 Å². The molecule has 2 aromatic carbocycles. The summed E-state index contributed by atoms with van der Waals surface area (Å²) in [5, 5.41) is 12.0. The number of aryl methyl sites for hydroxylation is 1. The molecule has 0 atom stereocenters. The average Bonchev–Trinajstić information content (AvgIpc) is 3.00. The van der Waals surface area contributed by atoms with Crippen molar-refractivity contribution in [1.29, 1.82) is 0 Å². The van der Waals surface area contributed by atoms with Gasteiger partial charge < -0.3 is 5.32 Å². The molecule has 0 amide bonds. The first kappa shape index (κ1) is 14.7. The Morgan fingerprint density at radius 1 is 1.00 bits per heavy atom. The van der Waals surface area contributed by atoms with Gasteiger partial charge in [-0.05, 0) is 43.3 Å². The standard InChI is InChI=1S/C18H14ClN5/c1-11-10-16(24-23-11)21-18-14-4-2-3-5-15(14)20-17(22-18)12-6-8-13(19)9-7-12/h2-10H,1H3,(H2,20,21,22,23,24). The molecule has 0 unspecified atom stereocenters. The summed E-state index contributed by atoms with van der Waals surface area (Å²) in [6, 6.07) is 17.3. The number of hydrogen-bond acceptors (Lipinski definition) is 4. The molecular weight excluding hydrogens is 322 g/mol. The number of halogens is 1. The highest BCUT2D eigenvalue weighted by molar-refractivity contribution is 6.30. The van der Waals surface area contributed by atoms with Crippen molar-refractivity contribution in [3.05, 3.63) is 65.3 Å². The maximum Gasteiger partial charge on any atom is 0.162 e. The Labute approximate surface area is 143 Å². The summed E-state index contributed by atoms with van der Waals surface area (Å²) in [5.41, 5.74) is 2.76. The lowest BCUT2D eigenvalue weighted by Crippen LogP contribution is -1.99. The van der Waals surface area contributed by atoms with Crippen LogP contribution in [0.3, 0.4) is 0 Å². The number of rotatable bonds is 3. The van der Waals surface area contributed by atoms with Gasteiger partial charge >= 0.3 is 0 Å². The first-order valence-corrected chi connectivity index (χ1v) is 7.88. The van der Waals surface area contributed by atoms with Gasteiger partial charge in [0.25, 0.3) is 0 Å². The molecule has 4 aromatic rings. The van der Waals surface area contributed by atoms with Crippen LogP contribution in [0.5, 0.6) is 0 Å². The molecule has 24 heavy (non-hydrogen) atoms. The largest absolute Gasteiger partial charge is 0.323 e. The van der Waals surface area contributed by atoms with Crippen LogP contribution in [0.2, 0.25) is 5.02 Å². The van der Waals surface area contributed by atoms with Gasteiger partial charge in [-0.15, -0.1) is 0 Å². The molecule has 0 saturated carbocycles. The molecule has 0 saturated heterocycles. The Kier molecular flexibility index (Phi) is 3.63. The number of benzene rings is 2. The minimum Gasteiger partial charge on any atom is -0.323 e. The lowest BCUT2D eigenvalue weighted by molar-refractivity contribution is 1.05. The van der Waals surface area contributed by atoms with Crippen LogP contribution in [0.25, 0.3) is 22.3 Å². The number of anilines is 2. The number of nitrogens with zero attached hydrogens (tertiary/aromatic N) is 3. The van der Waals surface area contributed by atoms with E-state index >= 15 is 0 Å². The maximum absolute atomic E-state index is 5.97. The fourth-order valence-corrected chi connectivity index (χ4v) is 2.63. The topological polar surface area (TPSA) is 66.5 Å². The number of para-hydroxylation sites is 1. The smallest absolute Gasteiger partial charge is 0.162 e. The van der Waals surface area contributed by atoms with Gasteiger partial charge in [0, 0.05) is 27.7 Å². The Morgan fingerprint density at radius 2 is 1.79 bits per heavy atom. The van der Waals surface area contributed by atoms with Gasteiger partial charge in [0.1, 0.15) is 5.82 Å². The molecule has 4 rings (SSSR count). The molecular formula is C18H14ClN5. The van der Waals surface area contributed by atoms with Crippen LogP contribution < -0.4 is 5.32 Å². The zero-order valence-corrected chi connectivity index (χ0v) is 13.7. The van der Waals surface area contributed by atoms with Crippen LogP contribution in [0.15, 0.2) is 54.6 Å². The van der Waals surface area contributed by atoms with Gasteiger partial charge in [-0.25, -0.2) is 9.97 Å². The van der Waals surface area contributed by atoms with Gasteiger partial charge in [-0.1, -0.05) is 23.7 Å². The van der Waals surface area contributed by atoms with Crippen molar-refractivity contribution in [3.8, 4) is 11.4 Å². The van der Waals surface area contributed by atoms with Gasteiger partial charge in [-0.3, -0.25) is 5.10 Å². The van der Waals surface area contributed by atoms with Crippen molar-refractivity contribution in [2.75, 3.05) is 5.32 Å². The predicted molar refractivity (Wildman–Crippen MR) is 96.6 cm³/mol. The Bertz CT molecular complexity index is 1010. The van der Waals surface area contributed by atoms with Crippen LogP contribution in [-0.4, -0.2) is 20.2 Å². The number of nitrogens with one attached hydrogen (secondary N) is 2. The average molecular weight is 336 g/mol. The van der Waals surface area contributed by atoms with Crippen LogP contribution >= 0.6 is 11.6 Å². The second-order valence-corrected chi connectivity index (χ2v) is 5.92. The summed E-state index contributed by atoms with van der Waals surface area (Å²) in [7, 11) is 0. The molecule has 0 aliphatic heterocycles. The third-order valence-electron chi connectivity index (χ3n) is 3.66. The van der Waals surface area contributed by atoms with Crippen molar-refractivity contribution >= 4 is 34.1 Å². The number of fused-ring (bicyclic) bond motifs is 1. The van der Waals surface area contributed by atoms with E-state index in [1.807, 2.05) is 61.5 Å². The highest BCUT2D eigenvalue weighted by Crippen LogP contribution is 2.27. The molecule has 2 N–H and O–H groups in total. The minimum absolute atomic E-state index is 0.639. The summed E-state index contributed by atoms with van der Waals surface area (Å²) in [6.45, 7) is 1.95. The molecule has 118 valence electrons. The third kappa shape index (κ3) is 2.81. The van der Waals surface area contributed by atoms with E-state index in [1.54, 1.807) is 0 Å². The summed E-state index contributed by atoms with van der Waals surface area (Å²) < 4.78 is 0. The zero-order valence-electron chi connectivity index (χ0n) is 12.9. The molecule has 0 aliphatic rings. The first-order chi connectivity index (χ1) is 11.7. The lowest BCUT2D eigenvalue weighted by Gasteiger charge is -2.09. The number of aromatic amines is 1. The van der Waals surface area contributed by atoms with E-state index in [0.29, 0.717) is 10.8 Å². The molecule has 2 heterocycles. The van der Waals surface area contributed by atoms with Crippen molar-refractivity contribution < 1.29 is 0 Å². The first-order valence-electron chi connectivity index (χ1n) is 7.51. The van der Waals surface area contributed by atoms with Gasteiger partial charge in [-0.2, -0.15) is 5.10 Å². The Hall–Kier alpha value is -2.92. The van der Waals surface area contributed by atoms with E-state index in [1.165, 1.54) is 0 Å². The SMILES string of the molecule is Cc1cc(Nc2nc(-c3ccc(Cl)cc3)nc3ccccc23)n[nH]1. The van der Waals surface area contributed by atoms with Crippen LogP contribution in [0, 0.1) is 6.92 Å². The molecule has 0 fully saturated rings. The molecule has 2 aromatic heterocycles.